The number of Topliss-reactive ketones (excluding diaryl/α,β-unsaturated/α-hetero) is 1. The number of hydroxylamine groups is 2. The SMILES string of the molecule is CCC(=O)c1ccc(OC)c(OC)c1.CCCc1ccc(OC)c(OC)c1.O=C1c2ccccc2C(=O)N1O. The molecule has 0 fully saturated rings. The van der Waals surface area contributed by atoms with Crippen molar-refractivity contribution in [2.24, 2.45) is 0 Å². The maximum Gasteiger partial charge on any atom is 0.285 e. The number of aryl methyl sites for hydroxylation is 1. The van der Waals surface area contributed by atoms with Gasteiger partial charge in [0.25, 0.3) is 11.8 Å². The summed E-state index contributed by atoms with van der Waals surface area (Å²) >= 11 is 0. The van der Waals surface area contributed by atoms with Gasteiger partial charge >= 0.3 is 0 Å². The van der Waals surface area contributed by atoms with Gasteiger partial charge in [-0.05, 0) is 54.4 Å². The Balaban J connectivity index is 0.000000206. The highest BCUT2D eigenvalue weighted by Gasteiger charge is 2.34. The Hall–Kier alpha value is -4.37. The second-order valence-electron chi connectivity index (χ2n) is 8.25. The van der Waals surface area contributed by atoms with Gasteiger partial charge in [0, 0.05) is 12.0 Å². The van der Waals surface area contributed by atoms with Crippen LogP contribution < -0.4 is 18.9 Å². The standard InChI is InChI=1S/C11H14O3.C11H16O2.C8H5NO3/c1-4-9(12)8-5-6-10(13-2)11(7-8)14-3;1-4-5-9-6-7-10(12-2)11(8-9)13-3;10-7-5-3-1-2-4-6(5)8(11)9(7)12/h5-7H,4H2,1-3H3;6-8H,4-5H2,1-3H3;1-4,12H. The first-order valence-corrected chi connectivity index (χ1v) is 12.4. The molecule has 208 valence electrons. The normalized spacial score (nSPS) is 11.4. The largest absolute Gasteiger partial charge is 0.493 e. The van der Waals surface area contributed by atoms with Crippen molar-refractivity contribution >= 4 is 17.6 Å². The maximum absolute atomic E-state index is 11.4. The summed E-state index contributed by atoms with van der Waals surface area (Å²) in [5.41, 5.74) is 2.46. The van der Waals surface area contributed by atoms with Crippen molar-refractivity contribution in [3.63, 3.8) is 0 Å². The average Bonchev–Trinajstić information content (AvgIpc) is 3.20. The lowest BCUT2D eigenvalue weighted by Crippen LogP contribution is -2.25. The highest BCUT2D eigenvalue weighted by molar-refractivity contribution is 6.20. The van der Waals surface area contributed by atoms with Crippen LogP contribution in [-0.4, -0.2) is 56.3 Å². The molecule has 2 amide bonds. The van der Waals surface area contributed by atoms with E-state index >= 15 is 0 Å². The predicted octanol–water partition coefficient (Wildman–Crippen LogP) is 5.62. The zero-order valence-electron chi connectivity index (χ0n) is 23.1. The lowest BCUT2D eigenvalue weighted by Gasteiger charge is -2.08. The first-order chi connectivity index (χ1) is 18.8. The van der Waals surface area contributed by atoms with Gasteiger partial charge in [-0.3, -0.25) is 19.6 Å². The van der Waals surface area contributed by atoms with E-state index in [-0.39, 0.29) is 22.0 Å². The summed E-state index contributed by atoms with van der Waals surface area (Å²) in [6.45, 7) is 4.00. The number of amides is 2. The number of carbonyl (C=O) groups is 3. The van der Waals surface area contributed by atoms with Crippen LogP contribution in [0.25, 0.3) is 0 Å². The van der Waals surface area contributed by atoms with Crippen LogP contribution >= 0.6 is 0 Å². The van der Waals surface area contributed by atoms with E-state index in [1.54, 1.807) is 58.8 Å². The van der Waals surface area contributed by atoms with Crippen molar-refractivity contribution in [3.8, 4) is 23.0 Å². The molecule has 1 N–H and O–H groups in total. The average molecular weight is 538 g/mol. The molecule has 39 heavy (non-hydrogen) atoms. The van der Waals surface area contributed by atoms with Gasteiger partial charge in [0.05, 0.1) is 39.6 Å². The van der Waals surface area contributed by atoms with E-state index in [0.29, 0.717) is 23.5 Å². The number of hydrogen-bond donors (Lipinski definition) is 1. The molecule has 1 aliphatic heterocycles. The van der Waals surface area contributed by atoms with E-state index in [0.717, 1.165) is 24.3 Å². The molecule has 4 rings (SSSR count). The van der Waals surface area contributed by atoms with Crippen LogP contribution in [-0.2, 0) is 6.42 Å². The fourth-order valence-electron chi connectivity index (χ4n) is 3.72. The summed E-state index contributed by atoms with van der Waals surface area (Å²) in [4.78, 5) is 33.5. The minimum atomic E-state index is -0.657. The zero-order chi connectivity index (χ0) is 28.9. The van der Waals surface area contributed by atoms with Crippen molar-refractivity contribution < 1.29 is 38.5 Å². The topological polar surface area (TPSA) is 112 Å². The number of benzene rings is 3. The van der Waals surface area contributed by atoms with Crippen LogP contribution in [0.15, 0.2) is 60.7 Å². The van der Waals surface area contributed by atoms with E-state index in [2.05, 4.69) is 13.0 Å². The van der Waals surface area contributed by atoms with Crippen molar-refractivity contribution in [3.05, 3.63) is 82.9 Å². The molecule has 3 aromatic rings. The van der Waals surface area contributed by atoms with E-state index < -0.39 is 11.8 Å². The molecule has 0 aromatic heterocycles. The van der Waals surface area contributed by atoms with Crippen LogP contribution in [0.3, 0.4) is 0 Å². The second kappa shape index (κ2) is 15.1. The molecule has 0 radical (unpaired) electrons. The molecule has 1 heterocycles. The molecule has 0 saturated carbocycles. The summed E-state index contributed by atoms with van der Waals surface area (Å²) < 4.78 is 20.5. The van der Waals surface area contributed by atoms with Gasteiger partial charge in [-0.2, -0.15) is 0 Å². The van der Waals surface area contributed by atoms with Crippen molar-refractivity contribution in [2.45, 2.75) is 33.1 Å². The molecule has 9 heteroatoms. The van der Waals surface area contributed by atoms with Gasteiger partial charge < -0.3 is 18.9 Å². The van der Waals surface area contributed by atoms with Crippen molar-refractivity contribution in [1.82, 2.24) is 5.06 Å². The summed E-state index contributed by atoms with van der Waals surface area (Å²) in [7, 11) is 6.43. The Bertz CT molecular complexity index is 1250. The maximum atomic E-state index is 11.4. The van der Waals surface area contributed by atoms with Gasteiger partial charge in [-0.1, -0.05) is 38.5 Å². The van der Waals surface area contributed by atoms with Crippen LogP contribution in [0.2, 0.25) is 0 Å². The third-order valence-electron chi connectivity index (χ3n) is 5.79. The lowest BCUT2D eigenvalue weighted by molar-refractivity contribution is -0.0327. The van der Waals surface area contributed by atoms with Crippen LogP contribution in [0.5, 0.6) is 23.0 Å². The van der Waals surface area contributed by atoms with Crippen LogP contribution in [0, 0.1) is 0 Å². The number of methoxy groups -OCH3 is 4. The highest BCUT2D eigenvalue weighted by Crippen LogP contribution is 2.28. The Labute approximate surface area is 228 Å². The molecular formula is C30H35NO8. The number of fused-ring (bicyclic) bond motifs is 1. The Morgan fingerprint density at radius 1 is 0.718 bits per heavy atom. The first-order valence-electron chi connectivity index (χ1n) is 12.4. The number of nitrogens with zero attached hydrogens (tertiary/aromatic N) is 1. The second-order valence-corrected chi connectivity index (χ2v) is 8.25. The van der Waals surface area contributed by atoms with Gasteiger partial charge in [0.2, 0.25) is 0 Å². The quantitative estimate of drug-likeness (QED) is 0.224. The molecule has 1 aliphatic rings. The molecule has 0 spiro atoms. The fourth-order valence-corrected chi connectivity index (χ4v) is 3.72. The number of ether oxygens (including phenoxy) is 4. The van der Waals surface area contributed by atoms with E-state index in [1.165, 1.54) is 17.7 Å². The van der Waals surface area contributed by atoms with Crippen molar-refractivity contribution in [2.75, 3.05) is 28.4 Å². The minimum Gasteiger partial charge on any atom is -0.493 e. The molecule has 3 aromatic carbocycles. The highest BCUT2D eigenvalue weighted by atomic mass is 16.5. The minimum absolute atomic E-state index is 0.103. The smallest absolute Gasteiger partial charge is 0.285 e. The summed E-state index contributed by atoms with van der Waals surface area (Å²) in [6.07, 6.45) is 2.73. The molecular weight excluding hydrogens is 502 g/mol. The summed E-state index contributed by atoms with van der Waals surface area (Å²) in [6, 6.07) is 17.5. The molecule has 0 atom stereocenters. The van der Waals surface area contributed by atoms with Gasteiger partial charge in [-0.15, -0.1) is 5.06 Å². The third-order valence-corrected chi connectivity index (χ3v) is 5.79. The monoisotopic (exact) mass is 537 g/mol. The van der Waals surface area contributed by atoms with E-state index in [1.807, 2.05) is 19.1 Å². The van der Waals surface area contributed by atoms with E-state index in [4.69, 9.17) is 24.2 Å². The number of rotatable bonds is 8. The number of ketones is 1. The summed E-state index contributed by atoms with van der Waals surface area (Å²) in [5.74, 6) is 1.62. The molecule has 0 saturated heterocycles. The molecule has 0 bridgehead atoms. The Morgan fingerprint density at radius 2 is 1.21 bits per heavy atom. The molecule has 9 nitrogen and oxygen atoms in total. The third kappa shape index (κ3) is 7.81. The van der Waals surface area contributed by atoms with Crippen molar-refractivity contribution in [1.29, 1.82) is 0 Å². The fraction of sp³-hybridized carbons (Fsp3) is 0.300. The Morgan fingerprint density at radius 3 is 1.67 bits per heavy atom. The van der Waals surface area contributed by atoms with Gasteiger partial charge in [-0.25, -0.2) is 0 Å². The summed E-state index contributed by atoms with van der Waals surface area (Å²) in [5, 5.41) is 9.05. The van der Waals surface area contributed by atoms with Crippen LogP contribution in [0.1, 0.15) is 63.3 Å². The zero-order valence-corrected chi connectivity index (χ0v) is 23.1. The Kier molecular flexibility index (Phi) is 12.0. The number of imide groups is 1. The first kappa shape index (κ1) is 30.9. The number of carbonyl (C=O) groups excluding carboxylic acids is 3. The van der Waals surface area contributed by atoms with Gasteiger partial charge in [0.15, 0.2) is 28.8 Å². The molecule has 0 unspecified atom stereocenters. The van der Waals surface area contributed by atoms with E-state index in [9.17, 15) is 14.4 Å². The van der Waals surface area contributed by atoms with Crippen LogP contribution in [0.4, 0.5) is 0 Å². The predicted molar refractivity (Wildman–Crippen MR) is 146 cm³/mol. The molecule has 0 aliphatic carbocycles. The lowest BCUT2D eigenvalue weighted by atomic mass is 10.1. The van der Waals surface area contributed by atoms with Gasteiger partial charge in [0.1, 0.15) is 0 Å². The number of hydrogen-bond acceptors (Lipinski definition) is 8.